The fourth-order valence-electron chi connectivity index (χ4n) is 5.65. The number of anilines is 2. The fraction of sp³-hybridized carbons (Fsp3) is 0.371. The van der Waals surface area contributed by atoms with Crippen molar-refractivity contribution in [3.63, 3.8) is 0 Å². The molecule has 0 fully saturated rings. The van der Waals surface area contributed by atoms with Crippen molar-refractivity contribution in [3.05, 3.63) is 89.1 Å². The maximum Gasteiger partial charge on any atom is 0.264 e. The maximum atomic E-state index is 14.4. The number of sulfonamides is 1. The zero-order chi connectivity index (χ0) is 33.2. The van der Waals surface area contributed by atoms with Crippen LogP contribution in [0.3, 0.4) is 0 Å². The number of aromatic nitrogens is 3. The van der Waals surface area contributed by atoms with Gasteiger partial charge in [0, 0.05) is 30.8 Å². The van der Waals surface area contributed by atoms with Crippen LogP contribution in [-0.2, 0) is 16.6 Å². The van der Waals surface area contributed by atoms with E-state index in [2.05, 4.69) is 35.5 Å². The first-order valence-corrected chi connectivity index (χ1v) is 16.9. The van der Waals surface area contributed by atoms with Crippen LogP contribution in [0, 0.1) is 19.3 Å². The highest BCUT2D eigenvalue weighted by Crippen LogP contribution is 2.32. The van der Waals surface area contributed by atoms with E-state index >= 15 is 0 Å². The molecule has 0 saturated heterocycles. The molecule has 5 rings (SSSR count). The predicted molar refractivity (Wildman–Crippen MR) is 181 cm³/mol. The van der Waals surface area contributed by atoms with Gasteiger partial charge < -0.3 is 14.5 Å². The Kier molecular flexibility index (Phi) is 9.34. The first kappa shape index (κ1) is 32.9. The Morgan fingerprint density at radius 1 is 0.978 bits per heavy atom. The molecule has 242 valence electrons. The summed E-state index contributed by atoms with van der Waals surface area (Å²) in [6, 6.07) is 19.1. The van der Waals surface area contributed by atoms with Gasteiger partial charge in [0.15, 0.2) is 0 Å². The molecule has 1 amide bonds. The Morgan fingerprint density at radius 2 is 1.67 bits per heavy atom. The van der Waals surface area contributed by atoms with Crippen LogP contribution in [0.1, 0.15) is 61.3 Å². The molecular weight excluding hydrogens is 600 g/mol. The lowest BCUT2D eigenvalue weighted by Crippen LogP contribution is -2.45. The number of nitrogens with one attached hydrogen (secondary N) is 1. The van der Waals surface area contributed by atoms with Gasteiger partial charge in [-0.05, 0) is 74.1 Å². The molecule has 2 aromatic heterocycles. The van der Waals surface area contributed by atoms with Crippen LogP contribution in [0.2, 0.25) is 0 Å². The van der Waals surface area contributed by atoms with Crippen LogP contribution >= 0.6 is 0 Å². The molecule has 0 unspecified atom stereocenters. The molecule has 46 heavy (non-hydrogen) atoms. The van der Waals surface area contributed by atoms with Crippen molar-refractivity contribution in [2.45, 2.75) is 65.4 Å². The SMILES string of the molecule is CCN(C)c1cccc(CN2C(=O)c3cccc(c3)S(=O)(=O)Nc3nc(cc(-c4c(C)cccc4C)n3)OC[C@H]2CC(C)(C)C)n1. The summed E-state index contributed by atoms with van der Waals surface area (Å²) in [5, 5.41) is 0. The largest absolute Gasteiger partial charge is 0.475 e. The summed E-state index contributed by atoms with van der Waals surface area (Å²) in [7, 11) is -2.19. The minimum absolute atomic E-state index is 0.0712. The van der Waals surface area contributed by atoms with E-state index in [1.807, 2.05) is 69.1 Å². The number of benzene rings is 2. The van der Waals surface area contributed by atoms with Gasteiger partial charge in [-0.2, -0.15) is 4.98 Å². The monoisotopic (exact) mass is 642 g/mol. The van der Waals surface area contributed by atoms with E-state index in [4.69, 9.17) is 9.72 Å². The molecule has 0 aliphatic carbocycles. The van der Waals surface area contributed by atoms with E-state index in [-0.39, 0.29) is 46.8 Å². The smallest absolute Gasteiger partial charge is 0.264 e. The summed E-state index contributed by atoms with van der Waals surface area (Å²) in [6.45, 7) is 13.5. The number of carbonyl (C=O) groups excluding carboxylic acids is 1. The minimum atomic E-state index is -4.16. The Hall–Kier alpha value is -4.51. The van der Waals surface area contributed by atoms with Crippen molar-refractivity contribution in [1.29, 1.82) is 0 Å². The molecule has 2 aromatic carbocycles. The number of aryl methyl sites for hydroxylation is 2. The number of ether oxygens (including phenoxy) is 1. The third kappa shape index (κ3) is 7.47. The number of fused-ring (bicyclic) bond motifs is 4. The molecule has 0 saturated carbocycles. The molecule has 1 atom stereocenters. The van der Waals surface area contributed by atoms with Gasteiger partial charge in [-0.3, -0.25) is 4.79 Å². The third-order valence-corrected chi connectivity index (χ3v) is 9.35. The molecule has 0 spiro atoms. The molecule has 4 bridgehead atoms. The highest BCUT2D eigenvalue weighted by molar-refractivity contribution is 7.92. The lowest BCUT2D eigenvalue weighted by Gasteiger charge is -2.35. The molecule has 1 aliphatic rings. The first-order chi connectivity index (χ1) is 21.7. The van der Waals surface area contributed by atoms with Crippen molar-refractivity contribution in [1.82, 2.24) is 19.9 Å². The van der Waals surface area contributed by atoms with Gasteiger partial charge >= 0.3 is 0 Å². The topological polar surface area (TPSA) is 118 Å². The average Bonchev–Trinajstić information content (AvgIpc) is 3.00. The molecule has 0 radical (unpaired) electrons. The van der Waals surface area contributed by atoms with Gasteiger partial charge in [0.2, 0.25) is 11.8 Å². The molecular formula is C35H42N6O4S. The number of rotatable bonds is 6. The summed E-state index contributed by atoms with van der Waals surface area (Å²) in [5.74, 6) is 0.566. The molecule has 10 nitrogen and oxygen atoms in total. The molecule has 4 aromatic rings. The minimum Gasteiger partial charge on any atom is -0.475 e. The summed E-state index contributed by atoms with van der Waals surface area (Å²) in [5.41, 5.74) is 4.14. The summed E-state index contributed by atoms with van der Waals surface area (Å²) in [4.78, 5) is 32.0. The van der Waals surface area contributed by atoms with Crippen molar-refractivity contribution < 1.29 is 17.9 Å². The van der Waals surface area contributed by atoms with Crippen LogP contribution in [-0.4, -0.2) is 60.4 Å². The van der Waals surface area contributed by atoms with Crippen molar-refractivity contribution in [2.24, 2.45) is 5.41 Å². The first-order valence-electron chi connectivity index (χ1n) is 15.4. The van der Waals surface area contributed by atoms with Crippen molar-refractivity contribution in [3.8, 4) is 17.1 Å². The zero-order valence-electron chi connectivity index (χ0n) is 27.5. The summed E-state index contributed by atoms with van der Waals surface area (Å²) < 4.78 is 36.2. The molecule has 11 heteroatoms. The Morgan fingerprint density at radius 3 is 2.37 bits per heavy atom. The van der Waals surface area contributed by atoms with E-state index in [1.165, 1.54) is 12.1 Å². The maximum absolute atomic E-state index is 14.4. The highest BCUT2D eigenvalue weighted by atomic mass is 32.2. The molecule has 3 heterocycles. The quantitative estimate of drug-likeness (QED) is 0.262. The van der Waals surface area contributed by atoms with Crippen LogP contribution in [0.25, 0.3) is 11.3 Å². The summed E-state index contributed by atoms with van der Waals surface area (Å²) >= 11 is 0. The Balaban J connectivity index is 1.67. The normalized spacial score (nSPS) is 16.4. The second-order valence-electron chi connectivity index (χ2n) is 13.0. The van der Waals surface area contributed by atoms with Crippen LogP contribution < -0.4 is 14.4 Å². The molecule has 1 N–H and O–H groups in total. The number of hydrogen-bond donors (Lipinski definition) is 1. The lowest BCUT2D eigenvalue weighted by molar-refractivity contribution is 0.0509. The zero-order valence-corrected chi connectivity index (χ0v) is 28.4. The van der Waals surface area contributed by atoms with Gasteiger partial charge in [0.1, 0.15) is 12.4 Å². The predicted octanol–water partition coefficient (Wildman–Crippen LogP) is 6.25. The average molecular weight is 643 g/mol. The van der Waals surface area contributed by atoms with Gasteiger partial charge in [-0.25, -0.2) is 23.1 Å². The number of carbonyl (C=O) groups is 1. The van der Waals surface area contributed by atoms with E-state index < -0.39 is 16.1 Å². The van der Waals surface area contributed by atoms with Crippen LogP contribution in [0.4, 0.5) is 11.8 Å². The third-order valence-electron chi connectivity index (χ3n) is 8.02. The van der Waals surface area contributed by atoms with Gasteiger partial charge in [-0.1, -0.05) is 51.1 Å². The number of hydrogen-bond acceptors (Lipinski definition) is 8. The second-order valence-corrected chi connectivity index (χ2v) is 14.7. The highest BCUT2D eigenvalue weighted by Gasteiger charge is 2.32. The number of nitrogens with zero attached hydrogens (tertiary/aromatic N) is 5. The van der Waals surface area contributed by atoms with Crippen molar-refractivity contribution >= 4 is 27.7 Å². The fourth-order valence-corrected chi connectivity index (χ4v) is 6.64. The second kappa shape index (κ2) is 13.1. The standard InChI is InChI=1S/C35H42N6O4S/c1-8-40(7)30-17-11-15-26(36-30)21-41-27(20-35(4,5)6)22-45-31-19-29(32-23(2)12-9-13-24(32)3)37-34(38-31)39-46(43,44)28-16-10-14-25(18-28)33(41)42/h9-19,27H,8,20-22H2,1-7H3,(H,37,38,39)/t27-/m1/s1. The van der Waals surface area contributed by atoms with E-state index in [0.29, 0.717) is 17.8 Å². The lowest BCUT2D eigenvalue weighted by atomic mass is 9.87. The van der Waals surface area contributed by atoms with Crippen molar-refractivity contribution in [2.75, 3.05) is 29.8 Å². The summed E-state index contributed by atoms with van der Waals surface area (Å²) in [6.07, 6.45) is 0.602. The molecule has 1 aliphatic heterocycles. The number of pyridine rings is 1. The van der Waals surface area contributed by atoms with Gasteiger partial charge in [-0.15, -0.1) is 0 Å². The van der Waals surface area contributed by atoms with Gasteiger partial charge in [0.05, 0.1) is 28.9 Å². The number of amides is 1. The van der Waals surface area contributed by atoms with Gasteiger partial charge in [0.25, 0.3) is 15.9 Å². The van der Waals surface area contributed by atoms with Crippen LogP contribution in [0.15, 0.2) is 71.6 Å². The van der Waals surface area contributed by atoms with E-state index in [0.717, 1.165) is 29.1 Å². The van der Waals surface area contributed by atoms with E-state index in [9.17, 15) is 13.2 Å². The van der Waals surface area contributed by atoms with Crippen LogP contribution in [0.5, 0.6) is 5.88 Å². The van der Waals surface area contributed by atoms with E-state index in [1.54, 1.807) is 23.1 Å². The Labute approximate surface area is 271 Å². The Bertz CT molecular complexity index is 1830.